The molecule has 0 aliphatic carbocycles. The molecular formula is C25H34N6O2. The number of aromatic nitrogens is 2. The lowest BCUT2D eigenvalue weighted by atomic mass is 9.91. The quantitative estimate of drug-likeness (QED) is 0.739. The molecule has 8 heteroatoms. The van der Waals surface area contributed by atoms with Crippen LogP contribution in [-0.2, 0) is 4.74 Å². The van der Waals surface area contributed by atoms with E-state index in [0.29, 0.717) is 5.92 Å². The molecule has 4 aliphatic heterocycles. The number of pyridine rings is 2. The smallest absolute Gasteiger partial charge is 0.164 e. The van der Waals surface area contributed by atoms with Crippen molar-refractivity contribution in [3.05, 3.63) is 35.3 Å². The highest BCUT2D eigenvalue weighted by Gasteiger charge is 2.32. The lowest BCUT2D eigenvalue weighted by Gasteiger charge is -2.42. The SMILES string of the molecule is Cc1nc(C2CCN(C3CNC3)CC2)cc2c1O[C@@H](C)c1c(N3CCOCC3)ccnc1N2. The van der Waals surface area contributed by atoms with Gasteiger partial charge in [0.15, 0.2) is 5.75 Å². The first-order valence-electron chi connectivity index (χ1n) is 12.4. The molecule has 33 heavy (non-hydrogen) atoms. The van der Waals surface area contributed by atoms with Gasteiger partial charge in [-0.15, -0.1) is 0 Å². The second-order valence-electron chi connectivity index (χ2n) is 9.71. The Morgan fingerprint density at radius 1 is 1.09 bits per heavy atom. The van der Waals surface area contributed by atoms with Gasteiger partial charge in [0.2, 0.25) is 0 Å². The Morgan fingerprint density at radius 2 is 1.88 bits per heavy atom. The van der Waals surface area contributed by atoms with E-state index in [4.69, 9.17) is 19.4 Å². The molecule has 4 aliphatic rings. The molecular weight excluding hydrogens is 416 g/mol. The molecule has 0 spiro atoms. The van der Waals surface area contributed by atoms with Gasteiger partial charge >= 0.3 is 0 Å². The zero-order valence-corrected chi connectivity index (χ0v) is 19.6. The molecule has 0 bridgehead atoms. The van der Waals surface area contributed by atoms with Gasteiger partial charge in [0, 0.05) is 55.7 Å². The average molecular weight is 451 g/mol. The average Bonchev–Trinajstić information content (AvgIpc) is 2.95. The predicted molar refractivity (Wildman–Crippen MR) is 129 cm³/mol. The highest BCUT2D eigenvalue weighted by molar-refractivity contribution is 5.74. The van der Waals surface area contributed by atoms with E-state index in [0.717, 1.165) is 99.9 Å². The van der Waals surface area contributed by atoms with E-state index >= 15 is 0 Å². The Kier molecular flexibility index (Phi) is 5.60. The van der Waals surface area contributed by atoms with Gasteiger partial charge in [-0.3, -0.25) is 9.88 Å². The molecule has 176 valence electrons. The summed E-state index contributed by atoms with van der Waals surface area (Å²) in [5, 5.41) is 7.02. The molecule has 3 fully saturated rings. The van der Waals surface area contributed by atoms with Gasteiger partial charge in [-0.2, -0.15) is 0 Å². The fraction of sp³-hybridized carbons (Fsp3) is 0.600. The Hall–Kier alpha value is -2.42. The van der Waals surface area contributed by atoms with Crippen LogP contribution in [0.4, 0.5) is 17.2 Å². The summed E-state index contributed by atoms with van der Waals surface area (Å²) in [6, 6.07) is 5.04. The molecule has 2 aromatic heterocycles. The minimum absolute atomic E-state index is 0.119. The van der Waals surface area contributed by atoms with E-state index in [1.54, 1.807) is 0 Å². The lowest BCUT2D eigenvalue weighted by Crippen LogP contribution is -2.58. The molecule has 1 atom stereocenters. The van der Waals surface area contributed by atoms with Crippen molar-refractivity contribution in [2.45, 2.75) is 44.8 Å². The van der Waals surface area contributed by atoms with Gasteiger partial charge in [-0.05, 0) is 51.9 Å². The Morgan fingerprint density at radius 3 is 2.61 bits per heavy atom. The lowest BCUT2D eigenvalue weighted by molar-refractivity contribution is 0.112. The number of aryl methyl sites for hydroxylation is 1. The molecule has 0 amide bonds. The van der Waals surface area contributed by atoms with Crippen molar-refractivity contribution in [1.29, 1.82) is 0 Å². The molecule has 2 aromatic rings. The molecule has 3 saturated heterocycles. The monoisotopic (exact) mass is 450 g/mol. The van der Waals surface area contributed by atoms with Crippen LogP contribution in [0.2, 0.25) is 0 Å². The van der Waals surface area contributed by atoms with Crippen molar-refractivity contribution in [1.82, 2.24) is 20.2 Å². The summed E-state index contributed by atoms with van der Waals surface area (Å²) < 4.78 is 12.1. The van der Waals surface area contributed by atoms with Gasteiger partial charge in [0.25, 0.3) is 0 Å². The van der Waals surface area contributed by atoms with E-state index < -0.39 is 0 Å². The highest BCUT2D eigenvalue weighted by atomic mass is 16.5. The van der Waals surface area contributed by atoms with Crippen molar-refractivity contribution < 1.29 is 9.47 Å². The van der Waals surface area contributed by atoms with Crippen LogP contribution in [0.5, 0.6) is 5.75 Å². The van der Waals surface area contributed by atoms with Crippen LogP contribution in [0.3, 0.4) is 0 Å². The molecule has 0 unspecified atom stereocenters. The van der Waals surface area contributed by atoms with Gasteiger partial charge in [0.05, 0.1) is 30.2 Å². The van der Waals surface area contributed by atoms with E-state index in [1.807, 2.05) is 6.20 Å². The van der Waals surface area contributed by atoms with Crippen LogP contribution < -0.4 is 20.3 Å². The number of ether oxygens (including phenoxy) is 2. The fourth-order valence-corrected chi connectivity index (χ4v) is 5.63. The minimum atomic E-state index is -0.119. The van der Waals surface area contributed by atoms with Crippen LogP contribution in [0.25, 0.3) is 0 Å². The zero-order chi connectivity index (χ0) is 22.4. The van der Waals surface area contributed by atoms with Crippen molar-refractivity contribution >= 4 is 17.2 Å². The second kappa shape index (κ2) is 8.74. The van der Waals surface area contributed by atoms with Crippen LogP contribution in [0, 0.1) is 6.92 Å². The van der Waals surface area contributed by atoms with Gasteiger partial charge < -0.3 is 25.0 Å². The van der Waals surface area contributed by atoms with Gasteiger partial charge in [-0.1, -0.05) is 0 Å². The molecule has 0 saturated carbocycles. The maximum Gasteiger partial charge on any atom is 0.164 e. The summed E-state index contributed by atoms with van der Waals surface area (Å²) in [5.74, 6) is 2.22. The van der Waals surface area contributed by atoms with E-state index in [-0.39, 0.29) is 6.10 Å². The van der Waals surface area contributed by atoms with Crippen LogP contribution in [0.15, 0.2) is 18.3 Å². The molecule has 6 rings (SSSR count). The zero-order valence-electron chi connectivity index (χ0n) is 19.6. The number of rotatable bonds is 3. The number of nitrogens with one attached hydrogen (secondary N) is 2. The summed E-state index contributed by atoms with van der Waals surface area (Å²) in [4.78, 5) is 14.8. The van der Waals surface area contributed by atoms with Crippen molar-refractivity contribution in [3.63, 3.8) is 0 Å². The topological polar surface area (TPSA) is 74.8 Å². The van der Waals surface area contributed by atoms with E-state index in [1.165, 1.54) is 11.4 Å². The first kappa shape index (κ1) is 21.1. The Balaban J connectivity index is 1.28. The Labute approximate surface area is 195 Å². The maximum atomic E-state index is 6.52. The first-order valence-corrected chi connectivity index (χ1v) is 12.4. The van der Waals surface area contributed by atoms with Crippen LogP contribution >= 0.6 is 0 Å². The number of fused-ring (bicyclic) bond motifs is 2. The second-order valence-corrected chi connectivity index (χ2v) is 9.71. The number of anilines is 3. The van der Waals surface area contributed by atoms with Gasteiger partial charge in [0.1, 0.15) is 11.9 Å². The summed E-state index contributed by atoms with van der Waals surface area (Å²) in [6.45, 7) is 12.0. The largest absolute Gasteiger partial charge is 0.482 e. The fourth-order valence-electron chi connectivity index (χ4n) is 5.63. The van der Waals surface area contributed by atoms with Crippen LogP contribution in [-0.4, -0.2) is 73.4 Å². The standard InChI is InChI=1S/C25H34N6O2/c1-16-24-21(13-20(28-16)18-4-7-30(8-5-18)19-14-26-15-19)29-25-23(17(2)33-24)22(3-6-27-25)31-9-11-32-12-10-31/h3,6,13,17-19,26H,4-5,7-12,14-15H2,1-2H3,(H,27,29)/t17-/m0/s1. The number of nitrogens with zero attached hydrogens (tertiary/aromatic N) is 4. The number of likely N-dealkylation sites (tertiary alicyclic amines) is 1. The summed E-state index contributed by atoms with van der Waals surface area (Å²) in [6.07, 6.45) is 4.10. The highest BCUT2D eigenvalue weighted by Crippen LogP contribution is 2.44. The first-order chi connectivity index (χ1) is 16.2. The number of piperidine rings is 1. The number of morpholine rings is 1. The van der Waals surface area contributed by atoms with E-state index in [9.17, 15) is 0 Å². The predicted octanol–water partition coefficient (Wildman–Crippen LogP) is 2.97. The summed E-state index contributed by atoms with van der Waals surface area (Å²) >= 11 is 0. The molecule has 0 radical (unpaired) electrons. The molecule has 2 N–H and O–H groups in total. The molecule has 8 nitrogen and oxygen atoms in total. The van der Waals surface area contributed by atoms with Crippen molar-refractivity contribution in [3.8, 4) is 5.75 Å². The normalized spacial score (nSPS) is 24.2. The van der Waals surface area contributed by atoms with Crippen LogP contribution in [0.1, 0.15) is 48.7 Å². The Bertz CT molecular complexity index is 1010. The number of hydrogen-bond donors (Lipinski definition) is 2. The van der Waals surface area contributed by atoms with Gasteiger partial charge in [-0.25, -0.2) is 4.98 Å². The maximum absolute atomic E-state index is 6.52. The third-order valence-electron chi connectivity index (χ3n) is 7.66. The van der Waals surface area contributed by atoms with E-state index in [2.05, 4.69) is 46.4 Å². The number of hydrogen-bond acceptors (Lipinski definition) is 8. The third kappa shape index (κ3) is 3.94. The van der Waals surface area contributed by atoms with Crippen molar-refractivity contribution in [2.75, 3.05) is 62.7 Å². The molecule has 6 heterocycles. The van der Waals surface area contributed by atoms with Crippen molar-refractivity contribution in [2.24, 2.45) is 0 Å². The summed E-state index contributed by atoms with van der Waals surface area (Å²) in [7, 11) is 0. The minimum Gasteiger partial charge on any atom is -0.482 e. The third-order valence-corrected chi connectivity index (χ3v) is 7.66. The summed E-state index contributed by atoms with van der Waals surface area (Å²) in [5.41, 5.74) is 5.40. The molecule has 0 aromatic carbocycles.